The molecule has 2 heterocycles. The van der Waals surface area contributed by atoms with E-state index in [4.69, 9.17) is 0 Å². The lowest BCUT2D eigenvalue weighted by Crippen LogP contribution is -2.31. The van der Waals surface area contributed by atoms with E-state index in [1.807, 2.05) is 72.1 Å². The maximum atomic E-state index is 13.8. The van der Waals surface area contributed by atoms with Gasteiger partial charge in [-0.15, -0.1) is 0 Å². The highest BCUT2D eigenvalue weighted by Gasteiger charge is 2.28. The van der Waals surface area contributed by atoms with Crippen LogP contribution in [0, 0.1) is 19.8 Å². The number of carboxylic acids is 1. The average molecular weight is 532 g/mol. The minimum atomic E-state index is -0.979. The van der Waals surface area contributed by atoms with Crippen molar-refractivity contribution in [1.29, 1.82) is 0 Å². The number of pyridine rings is 2. The molecule has 208 valence electrons. The molecular weight excluding hydrogens is 490 g/mol. The van der Waals surface area contributed by atoms with Gasteiger partial charge in [0, 0.05) is 49.1 Å². The van der Waals surface area contributed by atoms with Gasteiger partial charge in [-0.05, 0) is 86.7 Å². The molecule has 0 amide bonds. The Bertz CT molecular complexity index is 1340. The van der Waals surface area contributed by atoms with Crippen LogP contribution < -0.4 is 5.56 Å². The zero-order valence-corrected chi connectivity index (χ0v) is 24.0. The molecule has 0 spiro atoms. The molecule has 0 aliphatic heterocycles. The summed E-state index contributed by atoms with van der Waals surface area (Å²) in [6.07, 6.45) is 6.20. The SMILES string of the molecule is Cc1cccc(C)c1-c1cncc([C@H](CC(=O)O)CC(=O)C(CC(C)C)n2ccc(CCN(C)C)cc2=O)c1. The fourth-order valence-electron chi connectivity index (χ4n) is 5.13. The number of ketones is 1. The Morgan fingerprint density at radius 2 is 1.72 bits per heavy atom. The highest BCUT2D eigenvalue weighted by molar-refractivity contribution is 5.84. The Balaban J connectivity index is 1.94. The molecule has 7 nitrogen and oxygen atoms in total. The second-order valence-electron chi connectivity index (χ2n) is 11.2. The van der Waals surface area contributed by atoms with Gasteiger partial charge in [0.15, 0.2) is 5.78 Å². The van der Waals surface area contributed by atoms with E-state index in [9.17, 15) is 19.5 Å². The van der Waals surface area contributed by atoms with Crippen LogP contribution in [-0.4, -0.2) is 52.0 Å². The minimum absolute atomic E-state index is 0.0103. The van der Waals surface area contributed by atoms with Crippen LogP contribution in [0.25, 0.3) is 11.1 Å². The summed E-state index contributed by atoms with van der Waals surface area (Å²) in [4.78, 5) is 45.2. The number of hydrogen-bond donors (Lipinski definition) is 1. The molecule has 0 radical (unpaired) electrons. The molecule has 7 heteroatoms. The Labute approximate surface area is 231 Å². The van der Waals surface area contributed by atoms with Crippen LogP contribution in [0.5, 0.6) is 0 Å². The van der Waals surface area contributed by atoms with E-state index in [0.717, 1.165) is 40.8 Å². The molecule has 3 rings (SSSR count). The van der Waals surface area contributed by atoms with E-state index in [0.29, 0.717) is 12.0 Å². The number of nitrogens with zero attached hydrogens (tertiary/aromatic N) is 3. The lowest BCUT2D eigenvalue weighted by Gasteiger charge is -2.24. The molecule has 1 aromatic carbocycles. The third-order valence-corrected chi connectivity index (χ3v) is 7.13. The highest BCUT2D eigenvalue weighted by Crippen LogP contribution is 2.32. The predicted molar refractivity (Wildman–Crippen MR) is 155 cm³/mol. The summed E-state index contributed by atoms with van der Waals surface area (Å²) in [5.41, 5.74) is 5.59. The van der Waals surface area contributed by atoms with E-state index < -0.39 is 17.9 Å². The normalized spacial score (nSPS) is 13.0. The second-order valence-corrected chi connectivity index (χ2v) is 11.2. The van der Waals surface area contributed by atoms with Crippen molar-refractivity contribution < 1.29 is 14.7 Å². The summed E-state index contributed by atoms with van der Waals surface area (Å²) in [5, 5.41) is 9.71. The molecule has 1 N–H and O–H groups in total. The first-order valence-corrected chi connectivity index (χ1v) is 13.6. The van der Waals surface area contributed by atoms with E-state index in [1.54, 1.807) is 24.7 Å². The van der Waals surface area contributed by atoms with Gasteiger partial charge in [0.1, 0.15) is 0 Å². The smallest absolute Gasteiger partial charge is 0.303 e. The summed E-state index contributed by atoms with van der Waals surface area (Å²) in [5.74, 6) is -1.51. The van der Waals surface area contributed by atoms with E-state index in [-0.39, 0.29) is 30.1 Å². The number of Topliss-reactive ketones (excluding diaryl/α,β-unsaturated/α-hetero) is 1. The van der Waals surface area contributed by atoms with Crippen molar-refractivity contribution in [1.82, 2.24) is 14.5 Å². The molecule has 0 saturated heterocycles. The lowest BCUT2D eigenvalue weighted by molar-refractivity contribution is -0.137. The summed E-state index contributed by atoms with van der Waals surface area (Å²) in [6, 6.07) is 10.9. The van der Waals surface area contributed by atoms with Gasteiger partial charge in [-0.2, -0.15) is 0 Å². The molecule has 0 aliphatic carbocycles. The largest absolute Gasteiger partial charge is 0.481 e. The van der Waals surface area contributed by atoms with Gasteiger partial charge in [0.2, 0.25) is 0 Å². The van der Waals surface area contributed by atoms with Gasteiger partial charge in [0.25, 0.3) is 5.56 Å². The number of hydrogen-bond acceptors (Lipinski definition) is 5. The van der Waals surface area contributed by atoms with E-state index in [2.05, 4.69) is 9.88 Å². The first kappa shape index (κ1) is 30.0. The van der Waals surface area contributed by atoms with Crippen LogP contribution in [0.4, 0.5) is 0 Å². The molecule has 0 fully saturated rings. The number of likely N-dealkylation sites (N-methyl/N-ethyl adjacent to an activating group) is 1. The van der Waals surface area contributed by atoms with Crippen molar-refractivity contribution in [2.24, 2.45) is 5.92 Å². The average Bonchev–Trinajstić information content (AvgIpc) is 2.85. The van der Waals surface area contributed by atoms with Gasteiger partial charge in [0.05, 0.1) is 12.5 Å². The fraction of sp³-hybridized carbons (Fsp3) is 0.438. The molecule has 3 aromatic rings. The summed E-state index contributed by atoms with van der Waals surface area (Å²) in [6.45, 7) is 8.93. The Hall–Kier alpha value is -3.58. The number of carboxylic acid groups (broad SMARTS) is 1. The lowest BCUT2D eigenvalue weighted by atomic mass is 9.86. The van der Waals surface area contributed by atoms with Crippen molar-refractivity contribution in [3.63, 3.8) is 0 Å². The van der Waals surface area contributed by atoms with Gasteiger partial charge in [-0.3, -0.25) is 19.4 Å². The number of aromatic nitrogens is 2. The molecule has 0 saturated carbocycles. The maximum Gasteiger partial charge on any atom is 0.303 e. The standard InChI is InChI=1S/C32H41N3O4/c1-21(2)14-28(35-13-11-24(15-30(35)37)10-12-34(5)6)29(36)17-25(18-31(38)39)26-16-27(20-33-19-26)32-22(3)8-7-9-23(32)4/h7-9,11,13,15-16,19-21,25,28H,10,12,14,17-18H2,1-6H3,(H,38,39)/t25-,28?/m0/s1. The van der Waals surface area contributed by atoms with Crippen LogP contribution in [0.2, 0.25) is 0 Å². The van der Waals surface area contributed by atoms with Crippen molar-refractivity contribution in [3.8, 4) is 11.1 Å². The van der Waals surface area contributed by atoms with E-state index in [1.165, 1.54) is 4.57 Å². The molecule has 2 aromatic heterocycles. The zero-order chi connectivity index (χ0) is 28.7. The van der Waals surface area contributed by atoms with Crippen LogP contribution >= 0.6 is 0 Å². The van der Waals surface area contributed by atoms with Gasteiger partial charge < -0.3 is 14.6 Å². The Morgan fingerprint density at radius 3 is 2.31 bits per heavy atom. The molecule has 0 aliphatic rings. The number of aliphatic carboxylic acids is 1. The predicted octanol–water partition coefficient (Wildman–Crippen LogP) is 5.44. The number of carbonyl (C=O) groups is 2. The highest BCUT2D eigenvalue weighted by atomic mass is 16.4. The quantitative estimate of drug-likeness (QED) is 0.316. The first-order chi connectivity index (χ1) is 18.5. The van der Waals surface area contributed by atoms with Crippen molar-refractivity contribution in [2.45, 2.75) is 65.3 Å². The van der Waals surface area contributed by atoms with Gasteiger partial charge >= 0.3 is 5.97 Å². The summed E-state index contributed by atoms with van der Waals surface area (Å²) in [7, 11) is 3.97. The number of carbonyl (C=O) groups excluding carboxylic acids is 1. The van der Waals surface area contributed by atoms with Crippen molar-refractivity contribution >= 4 is 11.8 Å². The third kappa shape index (κ3) is 8.20. The number of rotatable bonds is 13. The minimum Gasteiger partial charge on any atom is -0.481 e. The number of benzene rings is 1. The first-order valence-electron chi connectivity index (χ1n) is 13.6. The van der Waals surface area contributed by atoms with Crippen LogP contribution in [-0.2, 0) is 16.0 Å². The van der Waals surface area contributed by atoms with Crippen LogP contribution in [0.15, 0.2) is 59.8 Å². The van der Waals surface area contributed by atoms with Crippen molar-refractivity contribution in [2.75, 3.05) is 20.6 Å². The topological polar surface area (TPSA) is 92.5 Å². The second kappa shape index (κ2) is 13.5. The Kier molecular flexibility index (Phi) is 10.4. The van der Waals surface area contributed by atoms with Crippen molar-refractivity contribution in [3.05, 3.63) is 87.6 Å². The van der Waals surface area contributed by atoms with Crippen LogP contribution in [0.3, 0.4) is 0 Å². The molecule has 39 heavy (non-hydrogen) atoms. The molecular formula is C32H41N3O4. The fourth-order valence-corrected chi connectivity index (χ4v) is 5.13. The third-order valence-electron chi connectivity index (χ3n) is 7.13. The summed E-state index contributed by atoms with van der Waals surface area (Å²) >= 11 is 0. The monoisotopic (exact) mass is 531 g/mol. The summed E-state index contributed by atoms with van der Waals surface area (Å²) < 4.78 is 1.52. The number of aryl methyl sites for hydroxylation is 2. The van der Waals surface area contributed by atoms with Gasteiger partial charge in [-0.1, -0.05) is 32.0 Å². The van der Waals surface area contributed by atoms with E-state index >= 15 is 0 Å². The molecule has 0 bridgehead atoms. The zero-order valence-electron chi connectivity index (χ0n) is 24.0. The van der Waals surface area contributed by atoms with Crippen LogP contribution in [0.1, 0.15) is 67.3 Å². The Morgan fingerprint density at radius 1 is 1.03 bits per heavy atom. The van der Waals surface area contributed by atoms with Gasteiger partial charge in [-0.25, -0.2) is 0 Å². The maximum absolute atomic E-state index is 13.8. The molecule has 1 unspecified atom stereocenters. The molecule has 2 atom stereocenters.